The molecule has 0 atom stereocenters. The van der Waals surface area contributed by atoms with Crippen LogP contribution in [0.5, 0.6) is 0 Å². The summed E-state index contributed by atoms with van der Waals surface area (Å²) < 4.78 is 0. The van der Waals surface area contributed by atoms with Crippen molar-refractivity contribution >= 4 is 28.3 Å². The second-order valence-electron chi connectivity index (χ2n) is 6.09. The normalized spacial score (nSPS) is 13.8. The predicted octanol–water partition coefficient (Wildman–Crippen LogP) is 3.16. The third-order valence-corrected chi connectivity index (χ3v) is 5.03. The molecule has 3 aromatic rings. The predicted molar refractivity (Wildman–Crippen MR) is 102 cm³/mol. The molecule has 4 rings (SSSR count). The number of nitrogens with one attached hydrogen (secondary N) is 1. The molecule has 4 heterocycles. The first kappa shape index (κ1) is 16.6. The highest BCUT2D eigenvalue weighted by molar-refractivity contribution is 7.15. The second-order valence-corrected chi connectivity index (χ2v) is 7.33. The topological polar surface area (TPSA) is 83.9 Å². The molecular formula is C18H18N6OS. The standard InChI is InChI=1S/C18H18N6OS/c1-12-10-21-18(26-12)23-16(25)14-11-20-17(24-8-2-3-9-24)22-15(14)13-4-6-19-7-5-13/h4-7,10-11H,2-3,8-9H2,1H3,(H,21,23,25). The summed E-state index contributed by atoms with van der Waals surface area (Å²) in [5.74, 6) is 0.398. The highest BCUT2D eigenvalue weighted by Crippen LogP contribution is 2.26. The van der Waals surface area contributed by atoms with E-state index in [0.717, 1.165) is 36.4 Å². The summed E-state index contributed by atoms with van der Waals surface area (Å²) >= 11 is 1.43. The zero-order valence-electron chi connectivity index (χ0n) is 14.3. The number of carbonyl (C=O) groups is 1. The van der Waals surface area contributed by atoms with Crippen LogP contribution in [0.25, 0.3) is 11.3 Å². The minimum absolute atomic E-state index is 0.265. The van der Waals surface area contributed by atoms with Gasteiger partial charge < -0.3 is 4.90 Å². The van der Waals surface area contributed by atoms with Gasteiger partial charge in [0.15, 0.2) is 5.13 Å². The molecule has 1 aliphatic rings. The number of thiazole rings is 1. The molecule has 132 valence electrons. The van der Waals surface area contributed by atoms with E-state index in [2.05, 4.69) is 25.2 Å². The molecule has 0 spiro atoms. The average Bonchev–Trinajstić information content (AvgIpc) is 3.34. The van der Waals surface area contributed by atoms with Gasteiger partial charge in [0.1, 0.15) is 0 Å². The SMILES string of the molecule is Cc1cnc(NC(=O)c2cnc(N3CCCC3)nc2-c2ccncc2)s1. The molecule has 0 aromatic carbocycles. The van der Waals surface area contributed by atoms with Crippen LogP contribution in [-0.4, -0.2) is 38.9 Å². The Morgan fingerprint density at radius 2 is 1.92 bits per heavy atom. The lowest BCUT2D eigenvalue weighted by atomic mass is 10.1. The Balaban J connectivity index is 1.71. The minimum Gasteiger partial charge on any atom is -0.341 e. The number of pyridine rings is 1. The monoisotopic (exact) mass is 366 g/mol. The molecule has 8 heteroatoms. The molecule has 1 aliphatic heterocycles. The maximum absolute atomic E-state index is 12.8. The van der Waals surface area contributed by atoms with Crippen LogP contribution < -0.4 is 10.2 Å². The van der Waals surface area contributed by atoms with Gasteiger partial charge in [-0.2, -0.15) is 0 Å². The molecule has 3 aromatic heterocycles. The van der Waals surface area contributed by atoms with Crippen molar-refractivity contribution in [2.24, 2.45) is 0 Å². The highest BCUT2D eigenvalue weighted by Gasteiger charge is 2.21. The Morgan fingerprint density at radius 3 is 2.62 bits per heavy atom. The lowest BCUT2D eigenvalue weighted by Gasteiger charge is -2.17. The van der Waals surface area contributed by atoms with Crippen LogP contribution in [0, 0.1) is 6.92 Å². The van der Waals surface area contributed by atoms with Gasteiger partial charge in [-0.3, -0.25) is 15.1 Å². The number of hydrogen-bond donors (Lipinski definition) is 1. The lowest BCUT2D eigenvalue weighted by molar-refractivity contribution is 0.102. The summed E-state index contributed by atoms with van der Waals surface area (Å²) in [4.78, 5) is 33.4. The molecular weight excluding hydrogens is 348 g/mol. The number of nitrogens with zero attached hydrogens (tertiary/aromatic N) is 5. The van der Waals surface area contributed by atoms with E-state index in [1.807, 2.05) is 19.1 Å². The number of amides is 1. The fourth-order valence-electron chi connectivity index (χ4n) is 2.91. The number of aromatic nitrogens is 4. The lowest BCUT2D eigenvalue weighted by Crippen LogP contribution is -2.22. The number of rotatable bonds is 4. The summed E-state index contributed by atoms with van der Waals surface area (Å²) in [5, 5.41) is 3.40. The number of hydrogen-bond acceptors (Lipinski definition) is 7. The Morgan fingerprint density at radius 1 is 1.15 bits per heavy atom. The maximum atomic E-state index is 12.8. The molecule has 0 aliphatic carbocycles. The molecule has 0 bridgehead atoms. The first-order valence-corrected chi connectivity index (χ1v) is 9.28. The second kappa shape index (κ2) is 7.17. The van der Waals surface area contributed by atoms with Gasteiger partial charge in [-0.15, -0.1) is 11.3 Å². The van der Waals surface area contributed by atoms with E-state index in [0.29, 0.717) is 22.3 Å². The van der Waals surface area contributed by atoms with E-state index >= 15 is 0 Å². The molecule has 1 amide bonds. The van der Waals surface area contributed by atoms with Crippen LogP contribution in [0.1, 0.15) is 28.1 Å². The van der Waals surface area contributed by atoms with Gasteiger partial charge >= 0.3 is 0 Å². The van der Waals surface area contributed by atoms with Crippen molar-refractivity contribution < 1.29 is 4.79 Å². The number of anilines is 2. The zero-order chi connectivity index (χ0) is 17.9. The van der Waals surface area contributed by atoms with Gasteiger partial charge in [-0.05, 0) is 31.9 Å². The van der Waals surface area contributed by atoms with Gasteiger partial charge in [-0.25, -0.2) is 15.0 Å². The van der Waals surface area contributed by atoms with Crippen molar-refractivity contribution in [1.82, 2.24) is 19.9 Å². The molecule has 7 nitrogen and oxygen atoms in total. The van der Waals surface area contributed by atoms with Gasteiger partial charge in [-0.1, -0.05) is 0 Å². The van der Waals surface area contributed by atoms with Gasteiger partial charge in [0.25, 0.3) is 5.91 Å². The van der Waals surface area contributed by atoms with E-state index in [-0.39, 0.29) is 5.91 Å². The highest BCUT2D eigenvalue weighted by atomic mass is 32.1. The molecule has 0 unspecified atom stereocenters. The van der Waals surface area contributed by atoms with Crippen molar-refractivity contribution in [1.29, 1.82) is 0 Å². The minimum atomic E-state index is -0.265. The molecule has 1 saturated heterocycles. The van der Waals surface area contributed by atoms with E-state index in [1.165, 1.54) is 11.3 Å². The first-order chi connectivity index (χ1) is 12.7. The van der Waals surface area contributed by atoms with Crippen molar-refractivity contribution in [3.05, 3.63) is 47.4 Å². The zero-order valence-corrected chi connectivity index (χ0v) is 15.2. The molecule has 1 fully saturated rings. The van der Waals surface area contributed by atoms with Crippen molar-refractivity contribution in [3.63, 3.8) is 0 Å². The van der Waals surface area contributed by atoms with Crippen molar-refractivity contribution in [2.45, 2.75) is 19.8 Å². The van der Waals surface area contributed by atoms with Crippen LogP contribution in [0.2, 0.25) is 0 Å². The van der Waals surface area contributed by atoms with Crippen LogP contribution in [-0.2, 0) is 0 Å². The largest absolute Gasteiger partial charge is 0.341 e. The van der Waals surface area contributed by atoms with E-state index in [4.69, 9.17) is 4.98 Å². The summed E-state index contributed by atoms with van der Waals surface area (Å²) in [5.41, 5.74) is 1.87. The smallest absolute Gasteiger partial charge is 0.261 e. The van der Waals surface area contributed by atoms with E-state index in [1.54, 1.807) is 24.8 Å². The van der Waals surface area contributed by atoms with E-state index < -0.39 is 0 Å². The fraction of sp³-hybridized carbons (Fsp3) is 0.278. The van der Waals surface area contributed by atoms with Crippen molar-refractivity contribution in [3.8, 4) is 11.3 Å². The Bertz CT molecular complexity index is 920. The Labute approximate surface area is 155 Å². The quantitative estimate of drug-likeness (QED) is 0.764. The van der Waals surface area contributed by atoms with Gasteiger partial charge in [0.05, 0.1) is 11.3 Å². The molecule has 1 N–H and O–H groups in total. The number of aryl methyl sites for hydroxylation is 1. The van der Waals surface area contributed by atoms with Crippen LogP contribution in [0.15, 0.2) is 36.9 Å². The maximum Gasteiger partial charge on any atom is 0.261 e. The molecule has 0 saturated carbocycles. The van der Waals surface area contributed by atoms with Gasteiger partial charge in [0.2, 0.25) is 5.95 Å². The summed E-state index contributed by atoms with van der Waals surface area (Å²) in [6, 6.07) is 3.70. The van der Waals surface area contributed by atoms with Crippen LogP contribution >= 0.6 is 11.3 Å². The Hall–Kier alpha value is -2.87. The van der Waals surface area contributed by atoms with Crippen LogP contribution in [0.4, 0.5) is 11.1 Å². The molecule has 0 radical (unpaired) electrons. The number of carbonyl (C=O) groups excluding carboxylic acids is 1. The van der Waals surface area contributed by atoms with E-state index in [9.17, 15) is 4.79 Å². The van der Waals surface area contributed by atoms with Crippen molar-refractivity contribution in [2.75, 3.05) is 23.3 Å². The summed E-state index contributed by atoms with van der Waals surface area (Å²) in [6.45, 7) is 3.84. The molecule has 26 heavy (non-hydrogen) atoms. The Kier molecular flexibility index (Phi) is 4.57. The fourth-order valence-corrected chi connectivity index (χ4v) is 3.57. The average molecular weight is 366 g/mol. The third-order valence-electron chi connectivity index (χ3n) is 4.21. The summed E-state index contributed by atoms with van der Waals surface area (Å²) in [6.07, 6.45) is 9.00. The van der Waals surface area contributed by atoms with Crippen LogP contribution in [0.3, 0.4) is 0 Å². The summed E-state index contributed by atoms with van der Waals surface area (Å²) in [7, 11) is 0. The third kappa shape index (κ3) is 3.41. The van der Waals surface area contributed by atoms with Gasteiger partial charge in [0, 0.05) is 48.3 Å². The first-order valence-electron chi connectivity index (χ1n) is 8.47.